The maximum Gasteiger partial charge on any atom is 0.343 e. The maximum atomic E-state index is 13.4. The topological polar surface area (TPSA) is 130 Å². The molecule has 5 aliphatic rings. The molecule has 3 N–H and O–H groups in total. The molecule has 2 amide bonds. The van der Waals surface area contributed by atoms with E-state index in [1.807, 2.05) is 0 Å². The molecule has 1 aromatic carbocycles. The van der Waals surface area contributed by atoms with Gasteiger partial charge in [-0.2, -0.15) is 0 Å². The van der Waals surface area contributed by atoms with E-state index in [2.05, 4.69) is 19.2 Å². The summed E-state index contributed by atoms with van der Waals surface area (Å²) in [7, 11) is 0. The van der Waals surface area contributed by atoms with E-state index in [1.54, 1.807) is 30.3 Å². The smallest absolute Gasteiger partial charge is 0.343 e. The van der Waals surface area contributed by atoms with Crippen molar-refractivity contribution in [1.82, 2.24) is 5.32 Å². The Labute approximate surface area is 231 Å². The number of fused-ring (bicyclic) bond motifs is 5. The monoisotopic (exact) mass is 553 g/mol. The zero-order valence-corrected chi connectivity index (χ0v) is 23.1. The van der Waals surface area contributed by atoms with Crippen molar-refractivity contribution in [3.05, 3.63) is 41.5 Å². The number of imide groups is 1. The first kappa shape index (κ1) is 26.7. The average molecular weight is 554 g/mol. The molecule has 8 atom stereocenters. The Morgan fingerprint density at radius 3 is 2.56 bits per heavy atom. The number of hydrogen-bond acceptors (Lipinski definition) is 8. The Bertz CT molecular complexity index is 1280. The van der Waals surface area contributed by atoms with E-state index in [4.69, 9.17) is 4.74 Å². The van der Waals surface area contributed by atoms with Crippen LogP contribution in [-0.2, 0) is 20.8 Å². The number of amides is 2. The SMILES string of the molecule is C[C@]12C[C@H](O)C3C(CCC4=CC(=O)CC[C@@]43C)C1C[C@](O)(C(=O)Oc1ccc(CC3SC(=O)NC3=O)cc1)C2. The lowest BCUT2D eigenvalue weighted by atomic mass is 9.46. The van der Waals surface area contributed by atoms with Gasteiger partial charge in [0, 0.05) is 6.42 Å². The van der Waals surface area contributed by atoms with Crippen molar-refractivity contribution < 1.29 is 34.1 Å². The standard InChI is InChI=1S/C30H35NO7S/c1-28-14-22(33)24-20(8-5-17-12-18(32)9-10-29(17,24)2)21(28)13-30(37,15-28)26(35)38-19-6-3-16(4-7-19)11-23-25(34)31-27(36)39-23/h3-4,6-7,12,20-24,33,37H,5,8-11,13-15H2,1-2H3,(H,31,34,36)/t20?,21?,22-,23?,24?,28+,29-,30+/m0/s1. The van der Waals surface area contributed by atoms with Gasteiger partial charge < -0.3 is 14.9 Å². The van der Waals surface area contributed by atoms with Crippen LogP contribution >= 0.6 is 11.8 Å². The van der Waals surface area contributed by atoms with Crippen molar-refractivity contribution >= 4 is 34.7 Å². The Morgan fingerprint density at radius 2 is 1.87 bits per heavy atom. The van der Waals surface area contributed by atoms with Gasteiger partial charge >= 0.3 is 5.97 Å². The third kappa shape index (κ3) is 4.46. The van der Waals surface area contributed by atoms with Gasteiger partial charge in [0.1, 0.15) is 5.75 Å². The molecular formula is C30H35NO7S. The van der Waals surface area contributed by atoms with Crippen molar-refractivity contribution in [2.75, 3.05) is 0 Å². The fourth-order valence-corrected chi connectivity index (χ4v) is 9.48. The van der Waals surface area contributed by atoms with Gasteiger partial charge in [-0.25, -0.2) is 4.79 Å². The molecule has 4 aliphatic carbocycles. The molecule has 1 aromatic rings. The molecule has 9 heteroatoms. The Kier molecular flexibility index (Phi) is 6.36. The van der Waals surface area contributed by atoms with E-state index >= 15 is 0 Å². The second kappa shape index (κ2) is 9.28. The summed E-state index contributed by atoms with van der Waals surface area (Å²) in [6, 6.07) is 6.78. The molecule has 0 bridgehead atoms. The lowest BCUT2D eigenvalue weighted by Crippen LogP contribution is -2.55. The minimum atomic E-state index is -1.65. The first-order chi connectivity index (χ1) is 18.4. The van der Waals surface area contributed by atoms with Crippen LogP contribution in [-0.4, -0.2) is 50.1 Å². The van der Waals surface area contributed by atoms with Gasteiger partial charge in [0.2, 0.25) is 5.91 Å². The lowest BCUT2D eigenvalue weighted by Gasteiger charge is -2.58. The van der Waals surface area contributed by atoms with Crippen LogP contribution in [0.25, 0.3) is 0 Å². The molecule has 8 nitrogen and oxygen atoms in total. The number of benzene rings is 1. The molecule has 39 heavy (non-hydrogen) atoms. The van der Waals surface area contributed by atoms with Crippen LogP contribution in [0.15, 0.2) is 35.9 Å². The van der Waals surface area contributed by atoms with Crippen molar-refractivity contribution in [2.24, 2.45) is 28.6 Å². The Balaban J connectivity index is 1.16. The number of rotatable bonds is 4. The highest BCUT2D eigenvalue weighted by Gasteiger charge is 2.65. The zero-order valence-electron chi connectivity index (χ0n) is 22.3. The van der Waals surface area contributed by atoms with E-state index in [0.29, 0.717) is 31.4 Å². The molecule has 4 unspecified atom stereocenters. The molecule has 4 fully saturated rings. The number of ether oxygens (including phenoxy) is 1. The normalized spacial score (nSPS) is 41.3. The van der Waals surface area contributed by atoms with Crippen molar-refractivity contribution in [2.45, 2.75) is 82.2 Å². The van der Waals surface area contributed by atoms with Crippen LogP contribution in [0.2, 0.25) is 0 Å². The van der Waals surface area contributed by atoms with Crippen LogP contribution in [0.5, 0.6) is 5.75 Å². The molecular weight excluding hydrogens is 518 g/mol. The summed E-state index contributed by atoms with van der Waals surface area (Å²) in [5.74, 6) is -0.277. The number of thioether (sulfide) groups is 1. The minimum absolute atomic E-state index is 0.00463. The van der Waals surface area contributed by atoms with Gasteiger partial charge in [-0.15, -0.1) is 0 Å². The van der Waals surface area contributed by atoms with Gasteiger partial charge in [0.15, 0.2) is 11.4 Å². The number of carbonyl (C=O) groups is 4. The van der Waals surface area contributed by atoms with Crippen LogP contribution in [0.1, 0.15) is 64.4 Å². The number of aliphatic hydroxyl groups is 2. The van der Waals surface area contributed by atoms with Crippen LogP contribution in [0, 0.1) is 28.6 Å². The van der Waals surface area contributed by atoms with Gasteiger partial charge in [0.25, 0.3) is 5.24 Å². The van der Waals surface area contributed by atoms with Crippen molar-refractivity contribution in [3.8, 4) is 5.75 Å². The molecule has 1 heterocycles. The van der Waals surface area contributed by atoms with Crippen molar-refractivity contribution in [1.29, 1.82) is 0 Å². The quantitative estimate of drug-likeness (QED) is 0.380. The largest absolute Gasteiger partial charge is 0.424 e. The first-order valence-corrected chi connectivity index (χ1v) is 14.8. The number of carbonyl (C=O) groups excluding carboxylic acids is 4. The van der Waals surface area contributed by atoms with E-state index in [-0.39, 0.29) is 46.5 Å². The fourth-order valence-electron chi connectivity index (χ4n) is 8.62. The summed E-state index contributed by atoms with van der Waals surface area (Å²) in [5, 5.41) is 24.5. The second-order valence-corrected chi connectivity index (χ2v) is 14.0. The summed E-state index contributed by atoms with van der Waals surface area (Å²) in [6.07, 6.45) is 5.56. The summed E-state index contributed by atoms with van der Waals surface area (Å²) in [5.41, 5.74) is -0.287. The molecule has 3 saturated carbocycles. The third-order valence-corrected chi connectivity index (χ3v) is 11.3. The zero-order chi connectivity index (χ0) is 27.7. The Hall–Kier alpha value is -2.49. The van der Waals surface area contributed by atoms with Crippen LogP contribution < -0.4 is 10.1 Å². The fraction of sp³-hybridized carbons (Fsp3) is 0.600. The number of ketones is 1. The third-order valence-electron chi connectivity index (χ3n) is 10.4. The summed E-state index contributed by atoms with van der Waals surface area (Å²) in [4.78, 5) is 48.7. The van der Waals surface area contributed by atoms with Crippen molar-refractivity contribution in [3.63, 3.8) is 0 Å². The van der Waals surface area contributed by atoms with Crippen LogP contribution in [0.4, 0.5) is 4.79 Å². The van der Waals surface area contributed by atoms with E-state index < -0.39 is 28.3 Å². The van der Waals surface area contributed by atoms with Gasteiger partial charge in [-0.3, -0.25) is 19.7 Å². The highest BCUT2D eigenvalue weighted by molar-refractivity contribution is 8.15. The van der Waals surface area contributed by atoms with Crippen LogP contribution in [0.3, 0.4) is 0 Å². The minimum Gasteiger partial charge on any atom is -0.424 e. The number of esters is 1. The average Bonchev–Trinajstić information content (AvgIpc) is 3.34. The Morgan fingerprint density at radius 1 is 1.13 bits per heavy atom. The summed E-state index contributed by atoms with van der Waals surface area (Å²) >= 11 is 0.969. The van der Waals surface area contributed by atoms with E-state index in [0.717, 1.165) is 42.2 Å². The van der Waals surface area contributed by atoms with E-state index in [1.165, 1.54) is 0 Å². The molecule has 0 radical (unpaired) electrons. The highest BCUT2D eigenvalue weighted by atomic mass is 32.2. The maximum absolute atomic E-state index is 13.4. The number of hydrogen-bond donors (Lipinski definition) is 3. The molecule has 1 aliphatic heterocycles. The number of allylic oxidation sites excluding steroid dienone is 1. The number of aliphatic hydroxyl groups excluding tert-OH is 1. The molecule has 208 valence electrons. The predicted molar refractivity (Wildman–Crippen MR) is 144 cm³/mol. The number of nitrogens with one attached hydrogen (secondary N) is 1. The predicted octanol–water partition coefficient (Wildman–Crippen LogP) is 3.72. The van der Waals surface area contributed by atoms with Gasteiger partial charge in [-0.1, -0.05) is 43.3 Å². The second-order valence-electron chi connectivity index (χ2n) is 12.8. The van der Waals surface area contributed by atoms with Gasteiger partial charge in [0.05, 0.1) is 11.4 Å². The first-order valence-electron chi connectivity index (χ1n) is 13.9. The van der Waals surface area contributed by atoms with E-state index in [9.17, 15) is 29.4 Å². The highest BCUT2D eigenvalue weighted by Crippen LogP contribution is 2.66. The molecule has 0 spiro atoms. The summed E-state index contributed by atoms with van der Waals surface area (Å²) < 4.78 is 5.66. The summed E-state index contributed by atoms with van der Waals surface area (Å²) in [6.45, 7) is 4.26. The molecule has 0 aromatic heterocycles. The van der Waals surface area contributed by atoms with Gasteiger partial charge in [-0.05, 0) is 97.3 Å². The lowest BCUT2D eigenvalue weighted by molar-refractivity contribution is -0.155. The molecule has 6 rings (SSSR count). The molecule has 1 saturated heterocycles.